The zero-order valence-electron chi connectivity index (χ0n) is 10.5. The molecule has 0 atom stereocenters. The third-order valence-electron chi connectivity index (χ3n) is 2.68. The van der Waals surface area contributed by atoms with E-state index in [-0.39, 0.29) is 15.5 Å². The smallest absolute Gasteiger partial charge is 0.258 e. The molecule has 0 heterocycles. The average Bonchev–Trinajstić information content (AvgIpc) is 2.48. The SMILES string of the molecule is O=[N+]([O-])c1ccc(S(=O)(=O)c2ccc(N=C=S)cc2)cc1. The Morgan fingerprint density at radius 3 is 1.90 bits per heavy atom. The van der Waals surface area contributed by atoms with E-state index < -0.39 is 14.8 Å². The van der Waals surface area contributed by atoms with Gasteiger partial charge in [0.2, 0.25) is 9.84 Å². The van der Waals surface area contributed by atoms with Crippen LogP contribution < -0.4 is 0 Å². The lowest BCUT2D eigenvalue weighted by molar-refractivity contribution is -0.384. The molecule has 2 aromatic carbocycles. The predicted octanol–water partition coefficient (Wildman–Crippen LogP) is 3.16. The van der Waals surface area contributed by atoms with Gasteiger partial charge in [-0.3, -0.25) is 10.1 Å². The van der Waals surface area contributed by atoms with Crippen LogP contribution in [0.4, 0.5) is 11.4 Å². The molecule has 2 aromatic rings. The standard InChI is InChI=1S/C13H8N2O4S2/c16-15(17)11-3-7-13(8-4-11)21(18,19)12-5-1-10(2-6-12)14-9-20/h1-8H. The number of sulfone groups is 1. The highest BCUT2D eigenvalue weighted by Gasteiger charge is 2.18. The van der Waals surface area contributed by atoms with Crippen molar-refractivity contribution in [3.63, 3.8) is 0 Å². The molecule has 21 heavy (non-hydrogen) atoms. The van der Waals surface area contributed by atoms with Crippen molar-refractivity contribution in [2.75, 3.05) is 0 Å². The van der Waals surface area contributed by atoms with Gasteiger partial charge in [-0.25, -0.2) is 8.42 Å². The summed E-state index contributed by atoms with van der Waals surface area (Å²) in [4.78, 5) is 13.8. The average molecular weight is 320 g/mol. The second kappa shape index (κ2) is 5.92. The molecule has 2 rings (SSSR count). The zero-order valence-corrected chi connectivity index (χ0v) is 12.1. The number of aliphatic imine (C=N–C) groups is 1. The van der Waals surface area contributed by atoms with E-state index in [9.17, 15) is 18.5 Å². The summed E-state index contributed by atoms with van der Waals surface area (Å²) in [7, 11) is -3.72. The van der Waals surface area contributed by atoms with Gasteiger partial charge in [0.05, 0.1) is 25.6 Å². The summed E-state index contributed by atoms with van der Waals surface area (Å²) in [5.74, 6) is 0. The van der Waals surface area contributed by atoms with Crippen LogP contribution in [0.1, 0.15) is 0 Å². The number of nitro groups is 1. The molecule has 0 radical (unpaired) electrons. The van der Waals surface area contributed by atoms with E-state index in [0.29, 0.717) is 5.69 Å². The van der Waals surface area contributed by atoms with Crippen LogP contribution in [-0.2, 0) is 9.84 Å². The van der Waals surface area contributed by atoms with Crippen LogP contribution >= 0.6 is 12.2 Å². The maximum atomic E-state index is 12.3. The minimum Gasteiger partial charge on any atom is -0.258 e. The van der Waals surface area contributed by atoms with Crippen molar-refractivity contribution in [1.29, 1.82) is 0 Å². The molecule has 0 saturated carbocycles. The molecule has 0 aliphatic carbocycles. The maximum absolute atomic E-state index is 12.3. The fourth-order valence-electron chi connectivity index (χ4n) is 1.64. The molecule has 6 nitrogen and oxygen atoms in total. The number of isothiocyanates is 1. The molecular formula is C13H8N2O4S2. The Labute approximate surface area is 125 Å². The van der Waals surface area contributed by atoms with Gasteiger partial charge >= 0.3 is 0 Å². The van der Waals surface area contributed by atoms with E-state index in [1.165, 1.54) is 36.4 Å². The van der Waals surface area contributed by atoms with Crippen molar-refractivity contribution in [2.45, 2.75) is 9.79 Å². The largest absolute Gasteiger partial charge is 0.269 e. The molecule has 0 saturated heterocycles. The van der Waals surface area contributed by atoms with Gasteiger partial charge in [-0.05, 0) is 48.6 Å². The first-order chi connectivity index (χ1) is 9.95. The zero-order chi connectivity index (χ0) is 15.5. The summed E-state index contributed by atoms with van der Waals surface area (Å²) in [6.45, 7) is 0. The maximum Gasteiger partial charge on any atom is 0.269 e. The molecule has 8 heteroatoms. The Hall–Kier alpha value is -2.41. The lowest BCUT2D eigenvalue weighted by Crippen LogP contribution is -2.01. The number of nitro benzene ring substituents is 1. The van der Waals surface area contributed by atoms with E-state index >= 15 is 0 Å². The topological polar surface area (TPSA) is 89.6 Å². The number of benzene rings is 2. The first kappa shape index (κ1) is 15.0. The summed E-state index contributed by atoms with van der Waals surface area (Å²) in [5.41, 5.74) is 0.326. The second-order valence-electron chi connectivity index (χ2n) is 3.95. The Bertz CT molecular complexity index is 770. The minimum atomic E-state index is -3.72. The van der Waals surface area contributed by atoms with Gasteiger partial charge in [0, 0.05) is 12.1 Å². The predicted molar refractivity (Wildman–Crippen MR) is 79.7 cm³/mol. The fourth-order valence-corrected chi connectivity index (χ4v) is 3.00. The Morgan fingerprint density at radius 2 is 1.48 bits per heavy atom. The van der Waals surface area contributed by atoms with E-state index in [1.807, 2.05) is 0 Å². The van der Waals surface area contributed by atoms with Gasteiger partial charge in [-0.1, -0.05) is 0 Å². The van der Waals surface area contributed by atoms with Crippen LogP contribution in [0.2, 0.25) is 0 Å². The van der Waals surface area contributed by atoms with Crippen molar-refractivity contribution in [3.8, 4) is 0 Å². The van der Waals surface area contributed by atoms with Gasteiger partial charge < -0.3 is 0 Å². The number of rotatable bonds is 4. The Morgan fingerprint density at radius 1 is 1.00 bits per heavy atom. The number of hydrogen-bond donors (Lipinski definition) is 0. The molecular weight excluding hydrogens is 312 g/mol. The lowest BCUT2D eigenvalue weighted by atomic mass is 10.3. The van der Waals surface area contributed by atoms with Gasteiger partial charge in [-0.2, -0.15) is 4.99 Å². The molecule has 0 spiro atoms. The highest BCUT2D eigenvalue weighted by molar-refractivity contribution is 7.91. The van der Waals surface area contributed by atoms with E-state index in [2.05, 4.69) is 22.4 Å². The number of thiocarbonyl (C=S) groups is 1. The highest BCUT2D eigenvalue weighted by atomic mass is 32.2. The number of nitrogens with zero attached hydrogens (tertiary/aromatic N) is 2. The van der Waals surface area contributed by atoms with Crippen molar-refractivity contribution >= 4 is 38.6 Å². The monoisotopic (exact) mass is 320 g/mol. The highest BCUT2D eigenvalue weighted by Crippen LogP contribution is 2.24. The molecule has 0 bridgehead atoms. The van der Waals surface area contributed by atoms with E-state index in [0.717, 1.165) is 12.1 Å². The molecule has 0 unspecified atom stereocenters. The Balaban J connectivity index is 2.41. The van der Waals surface area contributed by atoms with Gasteiger partial charge in [0.25, 0.3) is 5.69 Å². The minimum absolute atomic E-state index is 0.0146. The van der Waals surface area contributed by atoms with Crippen LogP contribution in [0.25, 0.3) is 0 Å². The summed E-state index contributed by atoms with van der Waals surface area (Å²) in [5, 5.41) is 12.7. The lowest BCUT2D eigenvalue weighted by Gasteiger charge is -2.04. The van der Waals surface area contributed by atoms with Crippen molar-refractivity contribution < 1.29 is 13.3 Å². The molecule has 0 aliphatic rings. The van der Waals surface area contributed by atoms with Crippen molar-refractivity contribution in [3.05, 3.63) is 58.6 Å². The van der Waals surface area contributed by atoms with Crippen LogP contribution in [0.3, 0.4) is 0 Å². The quantitative estimate of drug-likeness (QED) is 0.373. The third-order valence-corrected chi connectivity index (χ3v) is 4.56. The molecule has 0 aromatic heterocycles. The first-order valence-electron chi connectivity index (χ1n) is 5.62. The van der Waals surface area contributed by atoms with E-state index in [1.54, 1.807) is 0 Å². The fraction of sp³-hybridized carbons (Fsp3) is 0. The first-order valence-corrected chi connectivity index (χ1v) is 7.52. The van der Waals surface area contributed by atoms with Gasteiger partial charge in [0.1, 0.15) is 0 Å². The summed E-state index contributed by atoms with van der Waals surface area (Å²) in [6, 6.07) is 10.5. The molecule has 0 amide bonds. The molecule has 106 valence electrons. The second-order valence-corrected chi connectivity index (χ2v) is 6.08. The Kier molecular flexibility index (Phi) is 4.23. The van der Waals surface area contributed by atoms with Crippen molar-refractivity contribution in [1.82, 2.24) is 0 Å². The molecule has 0 aliphatic heterocycles. The van der Waals surface area contributed by atoms with Gasteiger partial charge in [0.15, 0.2) is 0 Å². The van der Waals surface area contributed by atoms with E-state index in [4.69, 9.17) is 0 Å². The normalized spacial score (nSPS) is 10.7. The summed E-state index contributed by atoms with van der Waals surface area (Å²) >= 11 is 4.46. The van der Waals surface area contributed by atoms with Crippen LogP contribution in [0.5, 0.6) is 0 Å². The number of hydrogen-bond acceptors (Lipinski definition) is 6. The molecule has 0 fully saturated rings. The van der Waals surface area contributed by atoms with Crippen molar-refractivity contribution in [2.24, 2.45) is 4.99 Å². The third kappa shape index (κ3) is 3.19. The van der Waals surface area contributed by atoms with Crippen LogP contribution in [0, 0.1) is 10.1 Å². The van der Waals surface area contributed by atoms with Crippen LogP contribution in [0.15, 0.2) is 63.3 Å². The molecule has 0 N–H and O–H groups in total. The summed E-state index contributed by atoms with van der Waals surface area (Å²) < 4.78 is 24.7. The number of non-ortho nitro benzene ring substituents is 1. The summed E-state index contributed by atoms with van der Waals surface area (Å²) in [6.07, 6.45) is 0. The van der Waals surface area contributed by atoms with Crippen LogP contribution in [-0.4, -0.2) is 18.5 Å². The van der Waals surface area contributed by atoms with Gasteiger partial charge in [-0.15, -0.1) is 0 Å².